The number of ether oxygens (including phenoxy) is 1. The van der Waals surface area contributed by atoms with Crippen LogP contribution in [0.1, 0.15) is 22.3 Å². The Morgan fingerprint density at radius 2 is 2.03 bits per heavy atom. The minimum absolute atomic E-state index is 0.0509. The minimum atomic E-state index is -0.265. The van der Waals surface area contributed by atoms with Crippen molar-refractivity contribution in [2.45, 2.75) is 19.4 Å². The molecular weight excluding hydrogens is 371 g/mol. The van der Waals surface area contributed by atoms with Gasteiger partial charge in [0.25, 0.3) is 5.91 Å². The smallest absolute Gasteiger partial charge is 0.251 e. The third-order valence-electron chi connectivity index (χ3n) is 5.25. The number of carbonyl (C=O) groups is 1. The Labute approximate surface area is 168 Å². The van der Waals surface area contributed by atoms with Gasteiger partial charge in [-0.2, -0.15) is 5.10 Å². The van der Waals surface area contributed by atoms with E-state index in [-0.39, 0.29) is 17.8 Å². The number of hydrogen-bond donors (Lipinski definition) is 2. The van der Waals surface area contributed by atoms with Crippen LogP contribution in [0, 0.1) is 12.7 Å². The molecule has 29 heavy (non-hydrogen) atoms. The summed E-state index contributed by atoms with van der Waals surface area (Å²) in [6.45, 7) is 3.40. The van der Waals surface area contributed by atoms with Crippen molar-refractivity contribution in [1.82, 2.24) is 15.5 Å². The summed E-state index contributed by atoms with van der Waals surface area (Å²) in [7, 11) is 1.61. The number of benzene rings is 2. The Balaban J connectivity index is 1.39. The maximum atomic E-state index is 13.1. The van der Waals surface area contributed by atoms with Gasteiger partial charge in [-0.15, -0.1) is 0 Å². The Morgan fingerprint density at radius 1 is 1.24 bits per heavy atom. The molecule has 4 rings (SSSR count). The van der Waals surface area contributed by atoms with Gasteiger partial charge in [0.2, 0.25) is 0 Å². The van der Waals surface area contributed by atoms with Crippen LogP contribution in [0.5, 0.6) is 5.75 Å². The molecule has 2 N–H and O–H groups in total. The predicted octanol–water partition coefficient (Wildman–Crippen LogP) is 3.54. The standard InChI is InChI=1S/C22H23FN4O2/c1-14-11-18(29-2)7-8-19(14)22(28)24-17-9-10-27(13-17)21-12-20(25-26-21)15-3-5-16(23)6-4-15/h3-8,11-12,17H,9-10,13H2,1-2H3,(H,24,28)(H,25,26)/t17-/m0/s1. The van der Waals surface area contributed by atoms with Gasteiger partial charge in [-0.05, 0) is 66.9 Å². The molecule has 0 unspecified atom stereocenters. The van der Waals surface area contributed by atoms with Crippen LogP contribution in [0.4, 0.5) is 10.2 Å². The summed E-state index contributed by atoms with van der Waals surface area (Å²) in [6, 6.07) is 13.7. The van der Waals surface area contributed by atoms with E-state index in [0.29, 0.717) is 12.1 Å². The van der Waals surface area contributed by atoms with Crippen LogP contribution in [0.3, 0.4) is 0 Å². The van der Waals surface area contributed by atoms with Crippen molar-refractivity contribution < 1.29 is 13.9 Å². The molecule has 1 aliphatic rings. The van der Waals surface area contributed by atoms with Gasteiger partial charge in [0, 0.05) is 30.8 Å². The molecule has 2 heterocycles. The maximum Gasteiger partial charge on any atom is 0.251 e. The second-order valence-electron chi connectivity index (χ2n) is 7.23. The zero-order valence-electron chi connectivity index (χ0n) is 16.4. The Morgan fingerprint density at radius 3 is 2.76 bits per heavy atom. The van der Waals surface area contributed by atoms with E-state index in [9.17, 15) is 9.18 Å². The van der Waals surface area contributed by atoms with Gasteiger partial charge in [0.1, 0.15) is 11.6 Å². The molecule has 6 nitrogen and oxygen atoms in total. The number of H-pyrrole nitrogens is 1. The highest BCUT2D eigenvalue weighted by molar-refractivity contribution is 5.96. The number of anilines is 1. The fourth-order valence-corrected chi connectivity index (χ4v) is 3.62. The first-order chi connectivity index (χ1) is 14.0. The zero-order chi connectivity index (χ0) is 20.4. The van der Waals surface area contributed by atoms with E-state index in [4.69, 9.17) is 4.74 Å². The first-order valence-corrected chi connectivity index (χ1v) is 9.55. The first kappa shape index (κ1) is 19.0. The first-order valence-electron chi connectivity index (χ1n) is 9.55. The Kier molecular flexibility index (Phi) is 5.20. The van der Waals surface area contributed by atoms with Gasteiger partial charge in [-0.3, -0.25) is 9.89 Å². The number of aromatic nitrogens is 2. The quantitative estimate of drug-likeness (QED) is 0.694. The fraction of sp³-hybridized carbons (Fsp3) is 0.273. The number of aryl methyl sites for hydroxylation is 1. The van der Waals surface area contributed by atoms with Gasteiger partial charge in [0.15, 0.2) is 5.82 Å². The van der Waals surface area contributed by atoms with E-state index in [1.807, 2.05) is 19.1 Å². The number of rotatable bonds is 5. The highest BCUT2D eigenvalue weighted by atomic mass is 19.1. The molecule has 7 heteroatoms. The number of aromatic amines is 1. The fourth-order valence-electron chi connectivity index (χ4n) is 3.62. The number of methoxy groups -OCH3 is 1. The third kappa shape index (κ3) is 4.08. The summed E-state index contributed by atoms with van der Waals surface area (Å²) in [5.74, 6) is 1.22. The van der Waals surface area contributed by atoms with Gasteiger partial charge in [0.05, 0.1) is 12.8 Å². The van der Waals surface area contributed by atoms with Gasteiger partial charge >= 0.3 is 0 Å². The molecule has 0 radical (unpaired) electrons. The molecule has 1 saturated heterocycles. The molecule has 1 fully saturated rings. The van der Waals surface area contributed by atoms with Crippen molar-refractivity contribution in [3.8, 4) is 17.0 Å². The van der Waals surface area contributed by atoms with E-state index >= 15 is 0 Å². The van der Waals surface area contributed by atoms with E-state index in [2.05, 4.69) is 20.4 Å². The van der Waals surface area contributed by atoms with Crippen LogP contribution in [0.2, 0.25) is 0 Å². The zero-order valence-corrected chi connectivity index (χ0v) is 16.4. The van der Waals surface area contributed by atoms with E-state index in [0.717, 1.165) is 41.4 Å². The van der Waals surface area contributed by atoms with Crippen LogP contribution in [0.15, 0.2) is 48.5 Å². The molecule has 150 valence electrons. The number of hydrogen-bond acceptors (Lipinski definition) is 4. The van der Waals surface area contributed by atoms with Crippen molar-refractivity contribution >= 4 is 11.7 Å². The Bertz CT molecular complexity index is 1020. The predicted molar refractivity (Wildman–Crippen MR) is 110 cm³/mol. The second kappa shape index (κ2) is 7.95. The molecule has 0 spiro atoms. The number of amides is 1. The van der Waals surface area contributed by atoms with Gasteiger partial charge < -0.3 is 15.0 Å². The average Bonchev–Trinajstić information content (AvgIpc) is 3.38. The molecule has 2 aromatic carbocycles. The molecule has 3 aromatic rings. The lowest BCUT2D eigenvalue weighted by molar-refractivity contribution is 0.0939. The molecule has 0 aliphatic carbocycles. The number of nitrogens with one attached hydrogen (secondary N) is 2. The molecular formula is C22H23FN4O2. The monoisotopic (exact) mass is 394 g/mol. The van der Waals surface area contributed by atoms with Crippen molar-refractivity contribution in [3.63, 3.8) is 0 Å². The van der Waals surface area contributed by atoms with Gasteiger partial charge in [-0.25, -0.2) is 4.39 Å². The highest BCUT2D eigenvalue weighted by Gasteiger charge is 2.26. The highest BCUT2D eigenvalue weighted by Crippen LogP contribution is 2.25. The molecule has 1 aliphatic heterocycles. The summed E-state index contributed by atoms with van der Waals surface area (Å²) >= 11 is 0. The van der Waals surface area contributed by atoms with Gasteiger partial charge in [-0.1, -0.05) is 0 Å². The maximum absolute atomic E-state index is 13.1. The molecule has 1 amide bonds. The summed E-state index contributed by atoms with van der Waals surface area (Å²) in [6.07, 6.45) is 0.847. The largest absolute Gasteiger partial charge is 0.497 e. The topological polar surface area (TPSA) is 70.2 Å². The molecule has 0 saturated carbocycles. The van der Waals surface area contributed by atoms with E-state index in [1.165, 1.54) is 12.1 Å². The van der Waals surface area contributed by atoms with Crippen LogP contribution in [-0.4, -0.2) is 42.3 Å². The van der Waals surface area contributed by atoms with Crippen LogP contribution in [-0.2, 0) is 0 Å². The molecule has 1 aromatic heterocycles. The van der Waals surface area contributed by atoms with Crippen LogP contribution < -0.4 is 15.0 Å². The lowest BCUT2D eigenvalue weighted by Gasteiger charge is -2.16. The van der Waals surface area contributed by atoms with Crippen LogP contribution >= 0.6 is 0 Å². The number of nitrogens with zero attached hydrogens (tertiary/aromatic N) is 2. The van der Waals surface area contributed by atoms with Crippen molar-refractivity contribution in [1.29, 1.82) is 0 Å². The van der Waals surface area contributed by atoms with Crippen LogP contribution in [0.25, 0.3) is 11.3 Å². The Hall–Kier alpha value is -3.35. The summed E-state index contributed by atoms with van der Waals surface area (Å²) in [4.78, 5) is 14.8. The number of halogens is 1. The second-order valence-corrected chi connectivity index (χ2v) is 7.23. The van der Waals surface area contributed by atoms with E-state index < -0.39 is 0 Å². The normalized spacial score (nSPS) is 16.1. The summed E-state index contributed by atoms with van der Waals surface area (Å²) in [5, 5.41) is 10.5. The lowest BCUT2D eigenvalue weighted by Crippen LogP contribution is -2.37. The number of carbonyl (C=O) groups excluding carboxylic acids is 1. The molecule has 1 atom stereocenters. The third-order valence-corrected chi connectivity index (χ3v) is 5.25. The van der Waals surface area contributed by atoms with E-state index in [1.54, 1.807) is 31.4 Å². The minimum Gasteiger partial charge on any atom is -0.497 e. The average molecular weight is 394 g/mol. The lowest BCUT2D eigenvalue weighted by atomic mass is 10.1. The summed E-state index contributed by atoms with van der Waals surface area (Å²) < 4.78 is 18.3. The summed E-state index contributed by atoms with van der Waals surface area (Å²) in [5.41, 5.74) is 3.25. The SMILES string of the molecule is COc1ccc(C(=O)N[C@H]2CCN(c3cc(-c4ccc(F)cc4)[nH]n3)C2)c(C)c1. The van der Waals surface area contributed by atoms with Crippen molar-refractivity contribution in [2.24, 2.45) is 0 Å². The molecule has 0 bridgehead atoms. The van der Waals surface area contributed by atoms with Crippen molar-refractivity contribution in [2.75, 3.05) is 25.1 Å². The van der Waals surface area contributed by atoms with Crippen molar-refractivity contribution in [3.05, 3.63) is 65.5 Å².